The maximum Gasteiger partial charge on any atom is 0.387 e. The Labute approximate surface area is 96.5 Å². The van der Waals surface area contributed by atoms with Crippen LogP contribution in [0.1, 0.15) is 22.8 Å². The minimum Gasteiger partial charge on any atom is -0.479 e. The third-order valence-corrected chi connectivity index (χ3v) is 2.44. The normalized spacial score (nSPS) is 12.6. The lowest BCUT2D eigenvalue weighted by molar-refractivity contribution is -0.147. The number of aliphatic hydroxyl groups excluding tert-OH is 1. The first-order valence-corrected chi connectivity index (χ1v) is 4.80. The molecule has 0 aromatic heterocycles. The minimum absolute atomic E-state index is 0.180. The summed E-state index contributed by atoms with van der Waals surface area (Å²) in [4.78, 5) is 10.6. The maximum atomic E-state index is 12.2. The van der Waals surface area contributed by atoms with Gasteiger partial charge in [-0.05, 0) is 25.0 Å². The van der Waals surface area contributed by atoms with Crippen molar-refractivity contribution in [3.8, 4) is 5.75 Å². The van der Waals surface area contributed by atoms with Gasteiger partial charge >= 0.3 is 12.6 Å². The van der Waals surface area contributed by atoms with E-state index in [-0.39, 0.29) is 11.3 Å². The number of hydrogen-bond donors (Lipinski definition) is 2. The zero-order chi connectivity index (χ0) is 13.2. The maximum absolute atomic E-state index is 12.2. The van der Waals surface area contributed by atoms with E-state index in [1.165, 1.54) is 19.1 Å². The molecule has 0 spiro atoms. The predicted octanol–water partition coefficient (Wildman–Crippen LogP) is 2.02. The molecule has 0 saturated heterocycles. The number of benzene rings is 1. The van der Waals surface area contributed by atoms with E-state index in [2.05, 4.69) is 4.74 Å². The van der Waals surface area contributed by atoms with Crippen LogP contribution in [0.2, 0.25) is 0 Å². The summed E-state index contributed by atoms with van der Waals surface area (Å²) in [5.41, 5.74) is 0.867. The van der Waals surface area contributed by atoms with Crippen LogP contribution in [0.4, 0.5) is 8.78 Å². The van der Waals surface area contributed by atoms with Crippen molar-refractivity contribution >= 4 is 5.97 Å². The molecular formula is C11H12F2O4. The van der Waals surface area contributed by atoms with Crippen LogP contribution in [0, 0.1) is 13.8 Å². The molecule has 0 amide bonds. The second kappa shape index (κ2) is 5.09. The molecular weight excluding hydrogens is 234 g/mol. The monoisotopic (exact) mass is 246 g/mol. The highest BCUT2D eigenvalue weighted by molar-refractivity contribution is 5.75. The first kappa shape index (κ1) is 13.4. The summed E-state index contributed by atoms with van der Waals surface area (Å²) in [5.74, 6) is -1.80. The van der Waals surface area contributed by atoms with Gasteiger partial charge in [0.25, 0.3) is 0 Å². The van der Waals surface area contributed by atoms with Gasteiger partial charge in [-0.3, -0.25) is 0 Å². The van der Waals surface area contributed by atoms with Crippen molar-refractivity contribution in [2.75, 3.05) is 0 Å². The Morgan fingerprint density at radius 1 is 1.35 bits per heavy atom. The molecule has 17 heavy (non-hydrogen) atoms. The molecule has 1 rings (SSSR count). The quantitative estimate of drug-likeness (QED) is 0.852. The Morgan fingerprint density at radius 2 is 1.94 bits per heavy atom. The summed E-state index contributed by atoms with van der Waals surface area (Å²) in [7, 11) is 0. The van der Waals surface area contributed by atoms with Crippen LogP contribution in [-0.4, -0.2) is 22.8 Å². The molecule has 1 aromatic rings. The largest absolute Gasteiger partial charge is 0.479 e. The lowest BCUT2D eigenvalue weighted by Crippen LogP contribution is -2.15. The number of carboxylic acid groups (broad SMARTS) is 1. The highest BCUT2D eigenvalue weighted by atomic mass is 19.3. The van der Waals surface area contributed by atoms with Gasteiger partial charge in [-0.2, -0.15) is 8.78 Å². The highest BCUT2D eigenvalue weighted by Gasteiger charge is 2.24. The lowest BCUT2D eigenvalue weighted by Gasteiger charge is -2.16. The van der Waals surface area contributed by atoms with Crippen LogP contribution >= 0.6 is 0 Å². The van der Waals surface area contributed by atoms with E-state index >= 15 is 0 Å². The zero-order valence-electron chi connectivity index (χ0n) is 9.28. The second-order valence-electron chi connectivity index (χ2n) is 3.55. The molecule has 0 heterocycles. The summed E-state index contributed by atoms with van der Waals surface area (Å²) < 4.78 is 28.7. The Hall–Kier alpha value is -1.69. The Bertz CT molecular complexity index is 432. The number of rotatable bonds is 4. The fourth-order valence-electron chi connectivity index (χ4n) is 1.40. The van der Waals surface area contributed by atoms with Crippen LogP contribution in [0.15, 0.2) is 12.1 Å². The van der Waals surface area contributed by atoms with Gasteiger partial charge in [0, 0.05) is 5.56 Å². The van der Waals surface area contributed by atoms with Crippen LogP contribution in [-0.2, 0) is 4.79 Å². The summed E-state index contributed by atoms with van der Waals surface area (Å²) >= 11 is 0. The third-order valence-electron chi connectivity index (χ3n) is 2.44. The predicted molar refractivity (Wildman–Crippen MR) is 55.1 cm³/mol. The summed E-state index contributed by atoms with van der Waals surface area (Å²) in [6.07, 6.45) is -1.89. The molecule has 0 bridgehead atoms. The van der Waals surface area contributed by atoms with Gasteiger partial charge in [-0.15, -0.1) is 0 Å². The van der Waals surface area contributed by atoms with Crippen LogP contribution in [0.3, 0.4) is 0 Å². The van der Waals surface area contributed by atoms with Gasteiger partial charge in [0.15, 0.2) is 6.10 Å². The average molecular weight is 246 g/mol. The third kappa shape index (κ3) is 2.91. The molecule has 2 N–H and O–H groups in total. The highest BCUT2D eigenvalue weighted by Crippen LogP contribution is 2.32. The van der Waals surface area contributed by atoms with E-state index in [1.54, 1.807) is 6.92 Å². The van der Waals surface area contributed by atoms with Crippen LogP contribution in [0.25, 0.3) is 0 Å². The van der Waals surface area contributed by atoms with Crippen molar-refractivity contribution in [1.29, 1.82) is 0 Å². The van der Waals surface area contributed by atoms with E-state index in [0.717, 1.165) is 0 Å². The molecule has 6 heteroatoms. The van der Waals surface area contributed by atoms with E-state index in [1.807, 2.05) is 0 Å². The average Bonchev–Trinajstić information content (AvgIpc) is 2.23. The van der Waals surface area contributed by atoms with E-state index in [0.29, 0.717) is 11.1 Å². The molecule has 0 aliphatic heterocycles. The van der Waals surface area contributed by atoms with Gasteiger partial charge in [0.1, 0.15) is 5.75 Å². The van der Waals surface area contributed by atoms with Gasteiger partial charge in [0.2, 0.25) is 0 Å². The number of hydrogen-bond acceptors (Lipinski definition) is 3. The number of aliphatic carboxylic acids is 1. The minimum atomic E-state index is -3.07. The van der Waals surface area contributed by atoms with Crippen molar-refractivity contribution in [1.82, 2.24) is 0 Å². The fraction of sp³-hybridized carbons (Fsp3) is 0.364. The molecule has 0 aliphatic carbocycles. The Balaban J connectivity index is 3.29. The van der Waals surface area contributed by atoms with Crippen molar-refractivity contribution < 1.29 is 28.5 Å². The zero-order valence-corrected chi connectivity index (χ0v) is 9.28. The number of aryl methyl sites for hydroxylation is 1. The topological polar surface area (TPSA) is 66.8 Å². The van der Waals surface area contributed by atoms with E-state index in [4.69, 9.17) is 5.11 Å². The van der Waals surface area contributed by atoms with Crippen molar-refractivity contribution in [2.45, 2.75) is 26.6 Å². The second-order valence-corrected chi connectivity index (χ2v) is 3.55. The molecule has 0 saturated carbocycles. The molecule has 0 radical (unpaired) electrons. The van der Waals surface area contributed by atoms with Gasteiger partial charge < -0.3 is 14.9 Å². The number of carbonyl (C=O) groups is 1. The van der Waals surface area contributed by atoms with E-state index < -0.39 is 18.7 Å². The van der Waals surface area contributed by atoms with Crippen LogP contribution in [0.5, 0.6) is 5.75 Å². The van der Waals surface area contributed by atoms with Gasteiger partial charge in [-0.1, -0.05) is 12.1 Å². The summed E-state index contributed by atoms with van der Waals surface area (Å²) in [6.45, 7) is 0.116. The smallest absolute Gasteiger partial charge is 0.387 e. The van der Waals surface area contributed by atoms with Crippen molar-refractivity contribution in [3.05, 3.63) is 28.8 Å². The molecule has 1 unspecified atom stereocenters. The number of alkyl halides is 2. The lowest BCUT2D eigenvalue weighted by atomic mass is 10.0. The first-order valence-electron chi connectivity index (χ1n) is 4.80. The summed E-state index contributed by atoms with van der Waals surface area (Å²) in [6, 6.07) is 2.80. The van der Waals surface area contributed by atoms with Crippen molar-refractivity contribution in [3.63, 3.8) is 0 Å². The number of aliphatic hydroxyl groups is 1. The molecule has 4 nitrogen and oxygen atoms in total. The van der Waals surface area contributed by atoms with E-state index in [9.17, 15) is 18.7 Å². The Kier molecular flexibility index (Phi) is 4.01. The summed E-state index contributed by atoms with van der Waals surface area (Å²) in [5, 5.41) is 18.0. The number of halogens is 2. The molecule has 94 valence electrons. The van der Waals surface area contributed by atoms with Crippen LogP contribution < -0.4 is 4.74 Å². The SMILES string of the molecule is Cc1ccc(C(O)C(=O)O)c(OC(F)F)c1C. The first-order chi connectivity index (χ1) is 7.84. The standard InChI is InChI=1S/C11H12F2O4/c1-5-3-4-7(8(14)10(15)16)9(6(5)2)17-11(12)13/h3-4,8,11,14H,1-2H3,(H,15,16). The fourth-order valence-corrected chi connectivity index (χ4v) is 1.40. The molecule has 1 atom stereocenters. The van der Waals surface area contributed by atoms with Gasteiger partial charge in [-0.25, -0.2) is 4.79 Å². The number of carboxylic acids is 1. The van der Waals surface area contributed by atoms with Crippen molar-refractivity contribution in [2.24, 2.45) is 0 Å². The molecule has 0 fully saturated rings. The number of ether oxygens (including phenoxy) is 1. The Morgan fingerprint density at radius 3 is 2.41 bits per heavy atom. The van der Waals surface area contributed by atoms with Gasteiger partial charge in [0.05, 0.1) is 0 Å². The molecule has 1 aromatic carbocycles. The molecule has 0 aliphatic rings.